The van der Waals surface area contributed by atoms with Crippen molar-refractivity contribution < 1.29 is 23.8 Å². The summed E-state index contributed by atoms with van der Waals surface area (Å²) in [7, 11) is 4.82. The van der Waals surface area contributed by atoms with Crippen LogP contribution in [0, 0.1) is 6.92 Å². The van der Waals surface area contributed by atoms with Crippen molar-refractivity contribution >= 4 is 17.4 Å². The number of benzene rings is 3. The van der Waals surface area contributed by atoms with Crippen LogP contribution in [-0.2, 0) is 9.59 Å². The number of methoxy groups -OCH3 is 3. The van der Waals surface area contributed by atoms with E-state index in [9.17, 15) is 9.59 Å². The van der Waals surface area contributed by atoms with Gasteiger partial charge in [-0.15, -0.1) is 0 Å². The summed E-state index contributed by atoms with van der Waals surface area (Å²) in [5, 5.41) is 6.53. The van der Waals surface area contributed by atoms with Crippen molar-refractivity contribution in [3.8, 4) is 17.2 Å². The first kappa shape index (κ1) is 27.1. The molecule has 2 aliphatic rings. The van der Waals surface area contributed by atoms with Crippen LogP contribution in [-0.4, -0.2) is 33.0 Å². The number of carbonyl (C=O) groups excluding carboxylic acids is 2. The molecule has 1 amide bonds. The highest BCUT2D eigenvalue weighted by molar-refractivity contribution is 6.10. The molecule has 2 atom stereocenters. The second kappa shape index (κ2) is 11.3. The first-order chi connectivity index (χ1) is 19.3. The number of ketones is 1. The number of rotatable bonds is 7. The fourth-order valence-corrected chi connectivity index (χ4v) is 5.74. The standard InChI is InChI=1S/C33H34N2O5/c1-19-9-6-7-12-25(19)35-33(37)30-20(2)34-26-16-23(21-13-14-28(39-4)29(18-21)40-5)17-27(36)32(26)31(30)22-10-8-11-24(15-22)38-3/h6-15,18,23,31,34H,16-17H2,1-5H3,(H,35,37)/t23-,31-/m0/s1. The predicted octanol–water partition coefficient (Wildman–Crippen LogP) is 6.02. The van der Waals surface area contributed by atoms with Crippen LogP contribution >= 0.6 is 0 Å². The van der Waals surface area contributed by atoms with Crippen LogP contribution < -0.4 is 24.8 Å². The van der Waals surface area contributed by atoms with Gasteiger partial charge in [0.15, 0.2) is 17.3 Å². The van der Waals surface area contributed by atoms with Crippen LogP contribution in [0.15, 0.2) is 89.3 Å². The number of nitrogens with one attached hydrogen (secondary N) is 2. The summed E-state index contributed by atoms with van der Waals surface area (Å²) in [5.74, 6) is 1.13. The van der Waals surface area contributed by atoms with E-state index in [0.717, 1.165) is 33.8 Å². The average Bonchev–Trinajstić information content (AvgIpc) is 2.97. The molecule has 0 aromatic heterocycles. The van der Waals surface area contributed by atoms with E-state index in [4.69, 9.17) is 14.2 Å². The van der Waals surface area contributed by atoms with Gasteiger partial charge in [-0.25, -0.2) is 0 Å². The molecule has 3 aromatic carbocycles. The van der Waals surface area contributed by atoms with E-state index >= 15 is 0 Å². The monoisotopic (exact) mass is 538 g/mol. The maximum atomic E-state index is 14.0. The molecule has 0 saturated carbocycles. The number of hydrogen-bond donors (Lipinski definition) is 2. The summed E-state index contributed by atoms with van der Waals surface area (Å²) in [6.07, 6.45) is 0.948. The highest BCUT2D eigenvalue weighted by atomic mass is 16.5. The Bertz CT molecular complexity index is 1540. The number of carbonyl (C=O) groups is 2. The summed E-state index contributed by atoms with van der Waals surface area (Å²) in [4.78, 5) is 27.8. The molecule has 1 heterocycles. The summed E-state index contributed by atoms with van der Waals surface area (Å²) in [5.41, 5.74) is 6.25. The van der Waals surface area contributed by atoms with Crippen LogP contribution in [0.1, 0.15) is 48.3 Å². The molecule has 5 rings (SSSR count). The third-order valence-electron chi connectivity index (χ3n) is 7.77. The van der Waals surface area contributed by atoms with Gasteiger partial charge in [0.05, 0.1) is 21.3 Å². The summed E-state index contributed by atoms with van der Waals surface area (Å²) in [6, 6.07) is 21.1. The van der Waals surface area contributed by atoms with E-state index in [1.54, 1.807) is 21.3 Å². The Morgan fingerprint density at radius 2 is 1.62 bits per heavy atom. The Morgan fingerprint density at radius 1 is 0.850 bits per heavy atom. The minimum atomic E-state index is -0.533. The highest BCUT2D eigenvalue weighted by Crippen LogP contribution is 2.47. The van der Waals surface area contributed by atoms with Crippen molar-refractivity contribution in [3.05, 3.63) is 106 Å². The fourth-order valence-electron chi connectivity index (χ4n) is 5.74. The fraction of sp³-hybridized carbons (Fsp3) is 0.273. The molecule has 0 saturated heterocycles. The number of para-hydroxylation sites is 1. The molecule has 1 aliphatic heterocycles. The zero-order chi connectivity index (χ0) is 28.4. The number of aryl methyl sites for hydroxylation is 1. The molecular formula is C33H34N2O5. The minimum absolute atomic E-state index is 0.00930. The molecule has 0 bridgehead atoms. The van der Waals surface area contributed by atoms with Gasteiger partial charge in [0.25, 0.3) is 5.91 Å². The molecule has 0 fully saturated rings. The van der Waals surface area contributed by atoms with Crippen LogP contribution in [0.4, 0.5) is 5.69 Å². The van der Waals surface area contributed by atoms with Crippen molar-refractivity contribution in [2.24, 2.45) is 0 Å². The van der Waals surface area contributed by atoms with Gasteiger partial charge in [-0.05, 0) is 73.2 Å². The van der Waals surface area contributed by atoms with E-state index < -0.39 is 5.92 Å². The van der Waals surface area contributed by atoms with E-state index in [-0.39, 0.29) is 17.6 Å². The van der Waals surface area contributed by atoms with Gasteiger partial charge in [0.1, 0.15) is 5.75 Å². The number of ether oxygens (including phenoxy) is 3. The van der Waals surface area contributed by atoms with Gasteiger partial charge in [0, 0.05) is 40.6 Å². The lowest BCUT2D eigenvalue weighted by Crippen LogP contribution is -2.37. The summed E-state index contributed by atoms with van der Waals surface area (Å²) in [6.45, 7) is 3.85. The third-order valence-corrected chi connectivity index (χ3v) is 7.77. The van der Waals surface area contributed by atoms with E-state index in [0.29, 0.717) is 41.2 Å². The zero-order valence-corrected chi connectivity index (χ0v) is 23.5. The second-order valence-electron chi connectivity index (χ2n) is 10.2. The minimum Gasteiger partial charge on any atom is -0.497 e. The van der Waals surface area contributed by atoms with E-state index in [2.05, 4.69) is 10.6 Å². The maximum absolute atomic E-state index is 14.0. The van der Waals surface area contributed by atoms with E-state index in [1.165, 1.54) is 0 Å². The topological polar surface area (TPSA) is 85.9 Å². The van der Waals surface area contributed by atoms with Crippen LogP contribution in [0.2, 0.25) is 0 Å². The molecule has 2 N–H and O–H groups in total. The van der Waals surface area contributed by atoms with Crippen molar-refractivity contribution in [1.29, 1.82) is 0 Å². The third kappa shape index (κ3) is 5.07. The quantitative estimate of drug-likeness (QED) is 0.383. The number of allylic oxidation sites excluding steroid dienone is 3. The van der Waals surface area contributed by atoms with Gasteiger partial charge >= 0.3 is 0 Å². The van der Waals surface area contributed by atoms with Gasteiger partial charge in [0.2, 0.25) is 0 Å². The Balaban J connectivity index is 1.56. The van der Waals surface area contributed by atoms with Gasteiger partial charge < -0.3 is 24.8 Å². The molecule has 7 heteroatoms. The smallest absolute Gasteiger partial charge is 0.254 e. The van der Waals surface area contributed by atoms with E-state index in [1.807, 2.05) is 80.6 Å². The number of Topliss-reactive ketones (excluding diaryl/α,β-unsaturated/α-hetero) is 1. The molecule has 40 heavy (non-hydrogen) atoms. The largest absolute Gasteiger partial charge is 0.497 e. The molecule has 7 nitrogen and oxygen atoms in total. The molecule has 3 aromatic rings. The number of anilines is 1. The molecule has 1 aliphatic carbocycles. The highest BCUT2D eigenvalue weighted by Gasteiger charge is 2.41. The molecule has 0 spiro atoms. The maximum Gasteiger partial charge on any atom is 0.254 e. The lowest BCUT2D eigenvalue weighted by molar-refractivity contribution is -0.116. The first-order valence-corrected chi connectivity index (χ1v) is 13.3. The van der Waals surface area contributed by atoms with Crippen LogP contribution in [0.25, 0.3) is 0 Å². The first-order valence-electron chi connectivity index (χ1n) is 13.3. The Morgan fingerprint density at radius 3 is 2.35 bits per heavy atom. The Kier molecular flexibility index (Phi) is 7.65. The van der Waals surface area contributed by atoms with Gasteiger partial charge in [-0.1, -0.05) is 36.4 Å². The van der Waals surface area contributed by atoms with Crippen molar-refractivity contribution in [3.63, 3.8) is 0 Å². The van der Waals surface area contributed by atoms with Crippen molar-refractivity contribution in [2.45, 2.75) is 38.5 Å². The second-order valence-corrected chi connectivity index (χ2v) is 10.2. The van der Waals surface area contributed by atoms with Crippen LogP contribution in [0.3, 0.4) is 0 Å². The Labute approximate surface area is 234 Å². The molecule has 0 radical (unpaired) electrons. The summed E-state index contributed by atoms with van der Waals surface area (Å²) < 4.78 is 16.4. The summed E-state index contributed by atoms with van der Waals surface area (Å²) >= 11 is 0. The molecular weight excluding hydrogens is 504 g/mol. The van der Waals surface area contributed by atoms with Gasteiger partial charge in [-0.2, -0.15) is 0 Å². The predicted molar refractivity (Wildman–Crippen MR) is 155 cm³/mol. The van der Waals surface area contributed by atoms with Crippen LogP contribution in [0.5, 0.6) is 17.2 Å². The lowest BCUT2D eigenvalue weighted by atomic mass is 9.71. The Hall–Kier alpha value is -4.52. The molecule has 0 unspecified atom stereocenters. The SMILES string of the molecule is COc1cccc([C@H]2C(C(=O)Nc3ccccc3C)=C(C)NC3=C2C(=O)C[C@@H](c2ccc(OC)c(OC)c2)C3)c1. The number of amides is 1. The zero-order valence-electron chi connectivity index (χ0n) is 23.5. The number of hydrogen-bond acceptors (Lipinski definition) is 6. The molecule has 206 valence electrons. The average molecular weight is 539 g/mol. The number of dihydropyridines is 1. The van der Waals surface area contributed by atoms with Crippen molar-refractivity contribution in [1.82, 2.24) is 5.32 Å². The van der Waals surface area contributed by atoms with Gasteiger partial charge in [-0.3, -0.25) is 9.59 Å². The lowest BCUT2D eigenvalue weighted by Gasteiger charge is -2.37. The normalized spacial score (nSPS) is 18.6. The van der Waals surface area contributed by atoms with Crippen molar-refractivity contribution in [2.75, 3.05) is 26.6 Å².